The number of carbonyl (C=O) groups excluding carboxylic acids is 1. The molecule has 0 aliphatic heterocycles. The third kappa shape index (κ3) is 1.76. The summed E-state index contributed by atoms with van der Waals surface area (Å²) < 4.78 is 5.23. The fourth-order valence-electron chi connectivity index (χ4n) is 2.69. The smallest absolute Gasteiger partial charge is 0.165 e. The van der Waals surface area contributed by atoms with E-state index in [-0.39, 0.29) is 12.0 Å². The molecule has 3 atom stereocenters. The summed E-state index contributed by atoms with van der Waals surface area (Å²) in [5, 5.41) is 0. The van der Waals surface area contributed by atoms with E-state index in [1.54, 1.807) is 7.11 Å². The molecule has 0 aromatic heterocycles. The molecule has 0 aromatic carbocycles. The number of ether oxygens (including phenoxy) is 1. The first kappa shape index (κ1) is 9.91. The minimum atomic E-state index is -0.181. The van der Waals surface area contributed by atoms with E-state index in [2.05, 4.69) is 12.2 Å². The van der Waals surface area contributed by atoms with Gasteiger partial charge in [-0.15, -0.1) is 0 Å². The molecule has 78 valence electrons. The molecular weight excluding hydrogens is 176 g/mol. The summed E-state index contributed by atoms with van der Waals surface area (Å²) in [6.45, 7) is 0. The number of hydrogen-bond acceptors (Lipinski definition) is 2. The van der Waals surface area contributed by atoms with Gasteiger partial charge in [0.05, 0.1) is 0 Å². The van der Waals surface area contributed by atoms with Gasteiger partial charge < -0.3 is 4.74 Å². The molecule has 1 fully saturated rings. The third-order valence-corrected chi connectivity index (χ3v) is 3.52. The first-order valence-electron chi connectivity index (χ1n) is 5.56. The second-order valence-corrected chi connectivity index (χ2v) is 4.35. The SMILES string of the molecule is CO[C@H]1CC=C[C@@H]2CCCC[C@H]2C1=O. The maximum absolute atomic E-state index is 12.0. The highest BCUT2D eigenvalue weighted by molar-refractivity contribution is 5.86. The number of carbonyl (C=O) groups is 1. The molecule has 0 radical (unpaired) electrons. The first-order valence-corrected chi connectivity index (χ1v) is 5.56. The van der Waals surface area contributed by atoms with Crippen LogP contribution in [-0.2, 0) is 9.53 Å². The van der Waals surface area contributed by atoms with Crippen molar-refractivity contribution in [3.05, 3.63) is 12.2 Å². The Hall–Kier alpha value is -0.630. The third-order valence-electron chi connectivity index (χ3n) is 3.52. The second kappa shape index (κ2) is 4.26. The summed E-state index contributed by atoms with van der Waals surface area (Å²) in [5.41, 5.74) is 0. The minimum Gasteiger partial charge on any atom is -0.373 e. The highest BCUT2D eigenvalue weighted by Gasteiger charge is 2.34. The molecule has 2 nitrogen and oxygen atoms in total. The number of hydrogen-bond donors (Lipinski definition) is 0. The van der Waals surface area contributed by atoms with Crippen molar-refractivity contribution in [3.63, 3.8) is 0 Å². The van der Waals surface area contributed by atoms with Gasteiger partial charge in [0.25, 0.3) is 0 Å². The van der Waals surface area contributed by atoms with Crippen LogP contribution >= 0.6 is 0 Å². The second-order valence-electron chi connectivity index (χ2n) is 4.35. The largest absolute Gasteiger partial charge is 0.373 e. The van der Waals surface area contributed by atoms with E-state index in [4.69, 9.17) is 4.74 Å². The number of ketones is 1. The molecule has 0 bridgehead atoms. The highest BCUT2D eigenvalue weighted by Crippen LogP contribution is 2.34. The zero-order valence-electron chi connectivity index (χ0n) is 8.74. The molecule has 0 heterocycles. The van der Waals surface area contributed by atoms with E-state index in [1.807, 2.05) is 0 Å². The number of methoxy groups -OCH3 is 1. The lowest BCUT2D eigenvalue weighted by atomic mass is 9.77. The van der Waals surface area contributed by atoms with Crippen molar-refractivity contribution in [3.8, 4) is 0 Å². The zero-order valence-corrected chi connectivity index (χ0v) is 8.74. The molecule has 2 heteroatoms. The van der Waals surface area contributed by atoms with Crippen LogP contribution in [-0.4, -0.2) is 19.0 Å². The summed E-state index contributed by atoms with van der Waals surface area (Å²) in [6, 6.07) is 0. The average molecular weight is 194 g/mol. The van der Waals surface area contributed by atoms with E-state index in [9.17, 15) is 4.79 Å². The van der Waals surface area contributed by atoms with Gasteiger partial charge in [0.2, 0.25) is 0 Å². The lowest BCUT2D eigenvalue weighted by Crippen LogP contribution is -2.33. The van der Waals surface area contributed by atoms with Crippen molar-refractivity contribution in [2.45, 2.75) is 38.2 Å². The van der Waals surface area contributed by atoms with Gasteiger partial charge in [0.1, 0.15) is 6.10 Å². The summed E-state index contributed by atoms with van der Waals surface area (Å²) in [4.78, 5) is 12.0. The predicted molar refractivity (Wildman–Crippen MR) is 55.0 cm³/mol. The summed E-state index contributed by atoms with van der Waals surface area (Å²) >= 11 is 0. The van der Waals surface area contributed by atoms with Crippen molar-refractivity contribution in [2.75, 3.05) is 7.11 Å². The van der Waals surface area contributed by atoms with Crippen LogP contribution in [0.2, 0.25) is 0 Å². The Balaban J connectivity index is 2.15. The molecule has 14 heavy (non-hydrogen) atoms. The monoisotopic (exact) mass is 194 g/mol. The number of allylic oxidation sites excluding steroid dienone is 1. The Kier molecular flexibility index (Phi) is 3.02. The Labute approximate surface area is 85.3 Å². The van der Waals surface area contributed by atoms with Gasteiger partial charge in [-0.3, -0.25) is 4.79 Å². The lowest BCUT2D eigenvalue weighted by Gasteiger charge is -2.28. The fourth-order valence-corrected chi connectivity index (χ4v) is 2.69. The Morgan fingerprint density at radius 3 is 2.93 bits per heavy atom. The summed E-state index contributed by atoms with van der Waals surface area (Å²) in [5.74, 6) is 1.08. The van der Waals surface area contributed by atoms with Gasteiger partial charge >= 0.3 is 0 Å². The van der Waals surface area contributed by atoms with Gasteiger partial charge in [-0.1, -0.05) is 25.0 Å². The van der Waals surface area contributed by atoms with Crippen molar-refractivity contribution in [1.29, 1.82) is 0 Å². The van der Waals surface area contributed by atoms with E-state index in [0.29, 0.717) is 11.7 Å². The van der Waals surface area contributed by atoms with Crippen LogP contribution in [0.15, 0.2) is 12.2 Å². The van der Waals surface area contributed by atoms with Crippen molar-refractivity contribution >= 4 is 5.78 Å². The van der Waals surface area contributed by atoms with Gasteiger partial charge in [-0.25, -0.2) is 0 Å². The van der Waals surface area contributed by atoms with E-state index in [1.165, 1.54) is 19.3 Å². The molecule has 0 aromatic rings. The maximum atomic E-state index is 12.0. The lowest BCUT2D eigenvalue weighted by molar-refractivity contribution is -0.134. The summed E-state index contributed by atoms with van der Waals surface area (Å²) in [6.07, 6.45) is 9.68. The van der Waals surface area contributed by atoms with Crippen LogP contribution in [0.1, 0.15) is 32.1 Å². The fraction of sp³-hybridized carbons (Fsp3) is 0.750. The van der Waals surface area contributed by atoms with Crippen molar-refractivity contribution in [1.82, 2.24) is 0 Å². The molecule has 0 amide bonds. The van der Waals surface area contributed by atoms with E-state index in [0.717, 1.165) is 12.8 Å². The molecule has 2 aliphatic rings. The van der Waals surface area contributed by atoms with Crippen LogP contribution in [0.3, 0.4) is 0 Å². The molecule has 2 rings (SSSR count). The minimum absolute atomic E-state index is 0.181. The first-order chi connectivity index (χ1) is 6.83. The standard InChI is InChI=1S/C12H18O2/c1-14-11-8-4-6-9-5-2-3-7-10(9)12(11)13/h4,6,9-11H,2-3,5,7-8H2,1H3/t9-,10+,11-/m0/s1. The maximum Gasteiger partial charge on any atom is 0.165 e. The average Bonchev–Trinajstić information content (AvgIpc) is 2.39. The van der Waals surface area contributed by atoms with Gasteiger partial charge in [0.15, 0.2) is 5.78 Å². The number of Topliss-reactive ketones (excluding diaryl/α,β-unsaturated/α-hetero) is 1. The van der Waals surface area contributed by atoms with Crippen LogP contribution in [0.4, 0.5) is 0 Å². The predicted octanol–water partition coefficient (Wildman–Crippen LogP) is 2.34. The topological polar surface area (TPSA) is 26.3 Å². The quantitative estimate of drug-likeness (QED) is 0.599. The molecular formula is C12H18O2. The van der Waals surface area contributed by atoms with Crippen LogP contribution < -0.4 is 0 Å². The highest BCUT2D eigenvalue weighted by atomic mass is 16.5. The van der Waals surface area contributed by atoms with Crippen LogP contribution in [0.25, 0.3) is 0 Å². The summed E-state index contributed by atoms with van der Waals surface area (Å²) in [7, 11) is 1.64. The van der Waals surface area contributed by atoms with Gasteiger partial charge in [-0.05, 0) is 25.2 Å². The van der Waals surface area contributed by atoms with Gasteiger partial charge in [-0.2, -0.15) is 0 Å². The zero-order chi connectivity index (χ0) is 9.97. The number of fused-ring (bicyclic) bond motifs is 1. The Morgan fingerprint density at radius 1 is 1.36 bits per heavy atom. The number of rotatable bonds is 1. The van der Waals surface area contributed by atoms with Crippen molar-refractivity contribution in [2.24, 2.45) is 11.8 Å². The van der Waals surface area contributed by atoms with E-state index < -0.39 is 0 Å². The Morgan fingerprint density at radius 2 is 2.14 bits per heavy atom. The molecule has 0 unspecified atom stereocenters. The molecule has 2 aliphatic carbocycles. The van der Waals surface area contributed by atoms with Gasteiger partial charge in [0, 0.05) is 13.0 Å². The molecule has 1 saturated carbocycles. The van der Waals surface area contributed by atoms with Crippen LogP contribution in [0.5, 0.6) is 0 Å². The molecule has 0 saturated heterocycles. The Bertz CT molecular complexity index is 245. The van der Waals surface area contributed by atoms with E-state index >= 15 is 0 Å². The molecule has 0 N–H and O–H groups in total. The molecule has 0 spiro atoms. The normalized spacial score (nSPS) is 37.8. The van der Waals surface area contributed by atoms with Crippen molar-refractivity contribution < 1.29 is 9.53 Å². The van der Waals surface area contributed by atoms with Crippen LogP contribution in [0, 0.1) is 11.8 Å².